The van der Waals surface area contributed by atoms with Crippen molar-refractivity contribution in [1.82, 2.24) is 9.55 Å². The largest absolute Gasteiger partial charge is 0.347 e. The SMILES string of the molecule is Cc1cc2ccncc2n1C.Cl. The maximum atomic E-state index is 4.07. The Morgan fingerprint density at radius 3 is 2.83 bits per heavy atom. The summed E-state index contributed by atoms with van der Waals surface area (Å²) in [5.74, 6) is 0. The second-order valence-electron chi connectivity index (χ2n) is 2.78. The Hall–Kier alpha value is -1.02. The van der Waals surface area contributed by atoms with E-state index in [9.17, 15) is 0 Å². The van der Waals surface area contributed by atoms with Crippen molar-refractivity contribution >= 4 is 23.3 Å². The van der Waals surface area contributed by atoms with Crippen molar-refractivity contribution in [3.8, 4) is 0 Å². The lowest BCUT2D eigenvalue weighted by Gasteiger charge is -1.95. The van der Waals surface area contributed by atoms with Crippen LogP contribution in [0.4, 0.5) is 0 Å². The fourth-order valence-corrected chi connectivity index (χ4v) is 1.31. The van der Waals surface area contributed by atoms with Crippen LogP contribution < -0.4 is 0 Å². The van der Waals surface area contributed by atoms with Gasteiger partial charge in [-0.15, -0.1) is 12.4 Å². The van der Waals surface area contributed by atoms with Crippen LogP contribution in [0, 0.1) is 6.92 Å². The van der Waals surface area contributed by atoms with Crippen LogP contribution in [0.2, 0.25) is 0 Å². The minimum Gasteiger partial charge on any atom is -0.347 e. The second kappa shape index (κ2) is 3.15. The third-order valence-corrected chi connectivity index (χ3v) is 2.09. The molecule has 0 aliphatic rings. The number of hydrogen-bond donors (Lipinski definition) is 0. The second-order valence-corrected chi connectivity index (χ2v) is 2.78. The molecule has 2 rings (SSSR count). The topological polar surface area (TPSA) is 17.8 Å². The first-order valence-corrected chi connectivity index (χ1v) is 3.65. The van der Waals surface area contributed by atoms with Crippen molar-refractivity contribution in [3.05, 3.63) is 30.2 Å². The third-order valence-electron chi connectivity index (χ3n) is 2.09. The number of halogens is 1. The van der Waals surface area contributed by atoms with Crippen LogP contribution in [0.15, 0.2) is 24.5 Å². The minimum atomic E-state index is 0. The van der Waals surface area contributed by atoms with E-state index in [0.29, 0.717) is 0 Å². The van der Waals surface area contributed by atoms with Gasteiger partial charge < -0.3 is 4.57 Å². The molecule has 0 aliphatic carbocycles. The van der Waals surface area contributed by atoms with E-state index in [4.69, 9.17) is 0 Å². The molecule has 0 spiro atoms. The summed E-state index contributed by atoms with van der Waals surface area (Å²) in [6.07, 6.45) is 3.71. The number of nitrogens with zero attached hydrogens (tertiary/aromatic N) is 2. The van der Waals surface area contributed by atoms with Crippen LogP contribution in [0.1, 0.15) is 5.69 Å². The highest BCUT2D eigenvalue weighted by molar-refractivity contribution is 5.85. The zero-order valence-corrected chi connectivity index (χ0v) is 7.93. The average molecular weight is 183 g/mol. The fourth-order valence-electron chi connectivity index (χ4n) is 1.31. The molecule has 0 fully saturated rings. The van der Waals surface area contributed by atoms with Gasteiger partial charge in [0.25, 0.3) is 0 Å². The molecular formula is C9H11ClN2. The van der Waals surface area contributed by atoms with Crippen LogP contribution in [0.3, 0.4) is 0 Å². The van der Waals surface area contributed by atoms with Crippen molar-refractivity contribution in [3.63, 3.8) is 0 Å². The van der Waals surface area contributed by atoms with E-state index in [-0.39, 0.29) is 12.4 Å². The van der Waals surface area contributed by atoms with Gasteiger partial charge in [-0.05, 0) is 19.1 Å². The van der Waals surface area contributed by atoms with E-state index in [1.165, 1.54) is 16.6 Å². The lowest BCUT2D eigenvalue weighted by molar-refractivity contribution is 0.915. The van der Waals surface area contributed by atoms with Gasteiger partial charge in [0.2, 0.25) is 0 Å². The molecule has 2 aromatic rings. The lowest BCUT2D eigenvalue weighted by atomic mass is 10.3. The van der Waals surface area contributed by atoms with Gasteiger partial charge in [0.15, 0.2) is 0 Å². The van der Waals surface area contributed by atoms with Crippen LogP contribution in [0.25, 0.3) is 10.9 Å². The van der Waals surface area contributed by atoms with E-state index in [0.717, 1.165) is 0 Å². The Labute approximate surface area is 77.6 Å². The molecule has 0 atom stereocenters. The minimum absolute atomic E-state index is 0. The maximum Gasteiger partial charge on any atom is 0.0666 e. The number of pyridine rings is 1. The molecule has 0 saturated carbocycles. The molecule has 12 heavy (non-hydrogen) atoms. The molecule has 2 aromatic heterocycles. The summed E-state index contributed by atoms with van der Waals surface area (Å²) in [5.41, 5.74) is 2.47. The molecule has 0 bridgehead atoms. The molecule has 0 radical (unpaired) electrons. The highest BCUT2D eigenvalue weighted by Crippen LogP contribution is 2.15. The van der Waals surface area contributed by atoms with Gasteiger partial charge in [0, 0.05) is 24.3 Å². The first-order chi connectivity index (χ1) is 5.29. The summed E-state index contributed by atoms with van der Waals surface area (Å²) in [7, 11) is 2.05. The Morgan fingerprint density at radius 2 is 2.17 bits per heavy atom. The van der Waals surface area contributed by atoms with Crippen molar-refractivity contribution in [2.24, 2.45) is 7.05 Å². The number of fused-ring (bicyclic) bond motifs is 1. The van der Waals surface area contributed by atoms with E-state index in [1.54, 1.807) is 0 Å². The molecule has 0 amide bonds. The summed E-state index contributed by atoms with van der Waals surface area (Å²) in [6.45, 7) is 2.10. The predicted molar refractivity (Wildman–Crippen MR) is 52.7 cm³/mol. The zero-order chi connectivity index (χ0) is 7.84. The fraction of sp³-hybridized carbons (Fsp3) is 0.222. The Morgan fingerprint density at radius 1 is 1.42 bits per heavy atom. The van der Waals surface area contributed by atoms with E-state index in [1.807, 2.05) is 18.5 Å². The van der Waals surface area contributed by atoms with Gasteiger partial charge in [-0.2, -0.15) is 0 Å². The van der Waals surface area contributed by atoms with Crippen LogP contribution in [0.5, 0.6) is 0 Å². The first kappa shape index (κ1) is 9.07. The maximum absolute atomic E-state index is 4.07. The van der Waals surface area contributed by atoms with E-state index in [2.05, 4.69) is 29.6 Å². The monoisotopic (exact) mass is 182 g/mol. The van der Waals surface area contributed by atoms with Crippen molar-refractivity contribution < 1.29 is 0 Å². The summed E-state index contributed by atoms with van der Waals surface area (Å²) in [6, 6.07) is 4.19. The number of hydrogen-bond acceptors (Lipinski definition) is 1. The van der Waals surface area contributed by atoms with Gasteiger partial charge in [0.05, 0.1) is 11.7 Å². The lowest BCUT2D eigenvalue weighted by Crippen LogP contribution is -1.88. The van der Waals surface area contributed by atoms with E-state index < -0.39 is 0 Å². The highest BCUT2D eigenvalue weighted by atomic mass is 35.5. The Kier molecular flexibility index (Phi) is 2.38. The molecule has 0 unspecified atom stereocenters. The van der Waals surface area contributed by atoms with Crippen molar-refractivity contribution in [1.29, 1.82) is 0 Å². The van der Waals surface area contributed by atoms with Crippen molar-refractivity contribution in [2.45, 2.75) is 6.92 Å². The van der Waals surface area contributed by atoms with Crippen LogP contribution in [-0.4, -0.2) is 9.55 Å². The third kappa shape index (κ3) is 1.18. The van der Waals surface area contributed by atoms with Gasteiger partial charge in [-0.25, -0.2) is 0 Å². The van der Waals surface area contributed by atoms with Crippen molar-refractivity contribution in [2.75, 3.05) is 0 Å². The summed E-state index contributed by atoms with van der Waals surface area (Å²) >= 11 is 0. The Balaban J connectivity index is 0.000000720. The Bertz CT molecular complexity index is 392. The van der Waals surface area contributed by atoms with E-state index >= 15 is 0 Å². The molecule has 2 nitrogen and oxygen atoms in total. The quantitative estimate of drug-likeness (QED) is 0.612. The van der Waals surface area contributed by atoms with Gasteiger partial charge in [0.1, 0.15) is 0 Å². The normalized spacial score (nSPS) is 9.83. The van der Waals surface area contributed by atoms with Gasteiger partial charge in [-0.1, -0.05) is 0 Å². The summed E-state index contributed by atoms with van der Waals surface area (Å²) in [4.78, 5) is 4.07. The molecular weight excluding hydrogens is 172 g/mol. The van der Waals surface area contributed by atoms with Gasteiger partial charge in [-0.3, -0.25) is 4.98 Å². The molecule has 64 valence electrons. The smallest absolute Gasteiger partial charge is 0.0666 e. The van der Waals surface area contributed by atoms with Gasteiger partial charge >= 0.3 is 0 Å². The molecule has 2 heterocycles. The molecule has 3 heteroatoms. The molecule has 0 N–H and O–H groups in total. The predicted octanol–water partition coefficient (Wildman–Crippen LogP) is 2.30. The van der Waals surface area contributed by atoms with Crippen LogP contribution >= 0.6 is 12.4 Å². The molecule has 0 saturated heterocycles. The first-order valence-electron chi connectivity index (χ1n) is 3.65. The number of rotatable bonds is 0. The number of aryl methyl sites for hydroxylation is 2. The average Bonchev–Trinajstić information content (AvgIpc) is 2.30. The standard InChI is InChI=1S/C9H10N2.ClH/c1-7-5-8-3-4-10-6-9(8)11(7)2;/h3-6H,1-2H3;1H. The summed E-state index contributed by atoms with van der Waals surface area (Å²) < 4.78 is 2.14. The summed E-state index contributed by atoms with van der Waals surface area (Å²) in [5, 5.41) is 1.26. The van der Waals surface area contributed by atoms with Crippen LogP contribution in [-0.2, 0) is 7.05 Å². The highest BCUT2D eigenvalue weighted by Gasteiger charge is 1.99. The molecule has 0 aliphatic heterocycles. The molecule has 0 aromatic carbocycles. The number of aromatic nitrogens is 2. The zero-order valence-electron chi connectivity index (χ0n) is 7.11.